The first kappa shape index (κ1) is 16.0. The van der Waals surface area contributed by atoms with E-state index in [4.69, 9.17) is 10.2 Å². The maximum Gasteiger partial charge on any atom is 0.319 e. The summed E-state index contributed by atoms with van der Waals surface area (Å²) in [7, 11) is -3.07. The highest BCUT2D eigenvalue weighted by Gasteiger charge is 2.24. The van der Waals surface area contributed by atoms with Gasteiger partial charge in [-0.25, -0.2) is 0 Å². The van der Waals surface area contributed by atoms with Crippen LogP contribution in [-0.4, -0.2) is 8.31 Å². The SMILES string of the molecule is CCCC.N#CC(Br)(Br)O[PH](=O)O. The van der Waals surface area contributed by atoms with E-state index < -0.39 is 11.7 Å². The Hall–Kier alpha value is 0.600. The Morgan fingerprint density at radius 2 is 1.92 bits per heavy atom. The molecule has 0 rings (SSSR count). The van der Waals surface area contributed by atoms with Gasteiger partial charge in [0.2, 0.25) is 0 Å². The van der Waals surface area contributed by atoms with E-state index in [1.165, 1.54) is 12.8 Å². The highest BCUT2D eigenvalue weighted by atomic mass is 79.9. The predicted octanol–water partition coefficient (Wildman–Crippen LogP) is 3.16. The van der Waals surface area contributed by atoms with Gasteiger partial charge in [0.1, 0.15) is 6.07 Å². The van der Waals surface area contributed by atoms with Crippen LogP contribution in [0.25, 0.3) is 0 Å². The molecule has 7 heteroatoms. The summed E-state index contributed by atoms with van der Waals surface area (Å²) in [4.78, 5) is 8.13. The molecular formula is C6H12Br2NO3P. The third-order valence-electron chi connectivity index (χ3n) is 0.846. The number of halogens is 2. The lowest BCUT2D eigenvalue weighted by atomic mass is 10.4. The van der Waals surface area contributed by atoms with Crippen molar-refractivity contribution in [1.82, 2.24) is 0 Å². The molecule has 4 nitrogen and oxygen atoms in total. The van der Waals surface area contributed by atoms with Crippen LogP contribution in [0.15, 0.2) is 0 Å². The zero-order chi connectivity index (χ0) is 10.9. The van der Waals surface area contributed by atoms with Crippen LogP contribution in [0.5, 0.6) is 0 Å². The van der Waals surface area contributed by atoms with E-state index in [0.29, 0.717) is 0 Å². The largest absolute Gasteiger partial charge is 0.326 e. The second-order valence-corrected chi connectivity index (χ2v) is 6.03. The molecule has 0 fully saturated rings. The lowest BCUT2D eigenvalue weighted by Gasteiger charge is -2.07. The van der Waals surface area contributed by atoms with Crippen molar-refractivity contribution in [3.63, 3.8) is 0 Å². The lowest BCUT2D eigenvalue weighted by molar-refractivity contribution is 0.284. The monoisotopic (exact) mass is 335 g/mol. The number of rotatable bonds is 3. The van der Waals surface area contributed by atoms with E-state index in [-0.39, 0.29) is 0 Å². The summed E-state index contributed by atoms with van der Waals surface area (Å²) in [5.41, 5.74) is 0. The Kier molecular flexibility index (Phi) is 11.3. The summed E-state index contributed by atoms with van der Waals surface area (Å²) in [6, 6.07) is 1.55. The number of nitriles is 1. The van der Waals surface area contributed by atoms with Crippen LogP contribution in [0.2, 0.25) is 0 Å². The molecule has 0 heterocycles. The molecule has 78 valence electrons. The molecule has 1 unspecified atom stereocenters. The normalized spacial score (nSPS) is 12.3. The number of hydrogen-bond donors (Lipinski definition) is 1. The van der Waals surface area contributed by atoms with Crippen LogP contribution in [0, 0.1) is 11.3 Å². The third kappa shape index (κ3) is 15.4. The summed E-state index contributed by atoms with van der Waals surface area (Å²) in [6.45, 7) is 4.36. The molecule has 0 aliphatic heterocycles. The van der Waals surface area contributed by atoms with Crippen molar-refractivity contribution in [2.24, 2.45) is 0 Å². The first-order chi connectivity index (χ1) is 5.89. The van der Waals surface area contributed by atoms with Crippen LogP contribution in [0.1, 0.15) is 26.7 Å². The molecule has 0 saturated heterocycles. The van der Waals surface area contributed by atoms with Crippen molar-refractivity contribution in [2.45, 2.75) is 30.1 Å². The lowest BCUT2D eigenvalue weighted by Crippen LogP contribution is -2.07. The van der Waals surface area contributed by atoms with E-state index >= 15 is 0 Å². The highest BCUT2D eigenvalue weighted by molar-refractivity contribution is 9.25. The predicted molar refractivity (Wildman–Crippen MR) is 59.1 cm³/mol. The van der Waals surface area contributed by atoms with Crippen LogP contribution in [-0.2, 0) is 9.09 Å². The Bertz CT molecular complexity index is 191. The maximum atomic E-state index is 9.93. The minimum Gasteiger partial charge on any atom is -0.326 e. The number of nitrogens with zero attached hydrogens (tertiary/aromatic N) is 1. The molecule has 0 bridgehead atoms. The minimum absolute atomic E-state index is 1.32. The number of alkyl halides is 2. The Morgan fingerprint density at radius 3 is 2.00 bits per heavy atom. The van der Waals surface area contributed by atoms with Crippen molar-refractivity contribution in [3.8, 4) is 6.07 Å². The molecular weight excluding hydrogens is 325 g/mol. The van der Waals surface area contributed by atoms with Gasteiger partial charge in [-0.3, -0.25) is 9.09 Å². The minimum atomic E-state index is -3.07. The molecule has 0 aliphatic rings. The fourth-order valence-corrected chi connectivity index (χ4v) is 1.23. The van der Waals surface area contributed by atoms with Crippen molar-refractivity contribution >= 4 is 40.1 Å². The fourth-order valence-electron chi connectivity index (χ4n) is 0.132. The van der Waals surface area contributed by atoms with E-state index in [9.17, 15) is 4.57 Å². The van der Waals surface area contributed by atoms with Gasteiger partial charge in [-0.1, -0.05) is 26.7 Å². The topological polar surface area (TPSA) is 70.3 Å². The summed E-state index contributed by atoms with van der Waals surface area (Å²) >= 11 is 5.36. The van der Waals surface area contributed by atoms with Crippen LogP contribution >= 0.6 is 40.1 Å². The quantitative estimate of drug-likeness (QED) is 0.634. The average Bonchev–Trinajstić information content (AvgIpc) is 2.03. The Morgan fingerprint density at radius 1 is 1.54 bits per heavy atom. The average molecular weight is 337 g/mol. The van der Waals surface area contributed by atoms with Gasteiger partial charge in [-0.05, 0) is 31.9 Å². The smallest absolute Gasteiger partial charge is 0.319 e. The second-order valence-electron chi connectivity index (χ2n) is 2.00. The van der Waals surface area contributed by atoms with Crippen LogP contribution in [0.4, 0.5) is 0 Å². The molecule has 0 radical (unpaired) electrons. The molecule has 0 aromatic heterocycles. The summed E-state index contributed by atoms with van der Waals surface area (Å²) < 4.78 is 12.6. The Labute approximate surface area is 95.5 Å². The third-order valence-corrected chi connectivity index (χ3v) is 2.60. The molecule has 0 saturated carbocycles. The molecule has 0 spiro atoms. The van der Waals surface area contributed by atoms with Crippen LogP contribution in [0.3, 0.4) is 0 Å². The molecule has 0 aromatic rings. The van der Waals surface area contributed by atoms with Crippen LogP contribution < -0.4 is 0 Å². The first-order valence-electron chi connectivity index (χ1n) is 3.60. The van der Waals surface area contributed by atoms with Crippen molar-refractivity contribution in [1.29, 1.82) is 5.26 Å². The molecule has 0 aromatic carbocycles. The van der Waals surface area contributed by atoms with Gasteiger partial charge in [0.25, 0.3) is 3.42 Å². The summed E-state index contributed by atoms with van der Waals surface area (Å²) in [6.07, 6.45) is 2.64. The van der Waals surface area contributed by atoms with Gasteiger partial charge in [0.05, 0.1) is 0 Å². The van der Waals surface area contributed by atoms with Gasteiger partial charge in [0, 0.05) is 0 Å². The van der Waals surface area contributed by atoms with E-state index in [0.717, 1.165) is 0 Å². The maximum absolute atomic E-state index is 9.93. The van der Waals surface area contributed by atoms with Gasteiger partial charge < -0.3 is 4.89 Å². The number of hydrogen-bond acceptors (Lipinski definition) is 3. The molecule has 1 N–H and O–H groups in total. The van der Waals surface area contributed by atoms with Crippen molar-refractivity contribution in [3.05, 3.63) is 0 Å². The standard InChI is InChI=1S/C4H10.C2H2Br2NO3P/c1-3-4-2;3-2(4,1-5)8-9(6)7/h3-4H2,1-2H3;9H,(H,6,7). The van der Waals surface area contributed by atoms with Gasteiger partial charge in [-0.15, -0.1) is 0 Å². The van der Waals surface area contributed by atoms with Gasteiger partial charge in [0.15, 0.2) is 0 Å². The highest BCUT2D eigenvalue weighted by Crippen LogP contribution is 2.35. The summed E-state index contributed by atoms with van der Waals surface area (Å²) in [5, 5.41) is 8.14. The molecule has 13 heavy (non-hydrogen) atoms. The zero-order valence-electron chi connectivity index (χ0n) is 7.38. The van der Waals surface area contributed by atoms with Crippen molar-refractivity contribution in [2.75, 3.05) is 0 Å². The molecule has 0 amide bonds. The molecule has 1 atom stereocenters. The Balaban J connectivity index is 0. The molecule has 0 aliphatic carbocycles. The van der Waals surface area contributed by atoms with E-state index in [2.05, 4.69) is 50.2 Å². The van der Waals surface area contributed by atoms with Gasteiger partial charge in [-0.2, -0.15) is 5.26 Å². The van der Waals surface area contributed by atoms with E-state index in [1.54, 1.807) is 6.07 Å². The summed E-state index contributed by atoms with van der Waals surface area (Å²) in [5.74, 6) is 0. The zero-order valence-corrected chi connectivity index (χ0v) is 11.6. The number of unbranched alkanes of at least 4 members (excludes halogenated alkanes) is 1. The fraction of sp³-hybridized carbons (Fsp3) is 0.833. The first-order valence-corrected chi connectivity index (χ1v) is 6.45. The van der Waals surface area contributed by atoms with Crippen molar-refractivity contribution < 1.29 is 14.0 Å². The van der Waals surface area contributed by atoms with Gasteiger partial charge >= 0.3 is 8.25 Å². The van der Waals surface area contributed by atoms with E-state index in [1.807, 2.05) is 0 Å². The second kappa shape index (κ2) is 9.17.